The summed E-state index contributed by atoms with van der Waals surface area (Å²) in [4.78, 5) is 12.7. The van der Waals surface area contributed by atoms with Gasteiger partial charge >= 0.3 is 0 Å². The highest BCUT2D eigenvalue weighted by molar-refractivity contribution is 7.21. The van der Waals surface area contributed by atoms with Gasteiger partial charge in [0.15, 0.2) is 0 Å². The second-order valence-corrected chi connectivity index (χ2v) is 6.78. The zero-order chi connectivity index (χ0) is 16.4. The molecule has 23 heavy (non-hydrogen) atoms. The molecule has 1 aromatic heterocycles. The van der Waals surface area contributed by atoms with E-state index in [0.29, 0.717) is 9.90 Å². The second kappa shape index (κ2) is 6.52. The maximum atomic E-state index is 12.3. The van der Waals surface area contributed by atoms with E-state index < -0.39 is 0 Å². The molecule has 0 saturated heterocycles. The molecule has 116 valence electrons. The third-order valence-electron chi connectivity index (χ3n) is 3.45. The number of halogens is 1. The van der Waals surface area contributed by atoms with Crippen LogP contribution in [0.1, 0.15) is 26.4 Å². The predicted molar refractivity (Wildman–Crippen MR) is 97.8 cm³/mol. The molecule has 1 heterocycles. The zero-order valence-electron chi connectivity index (χ0n) is 12.8. The predicted octanol–water partition coefficient (Wildman–Crippen LogP) is 4.94. The molecule has 3 rings (SSSR count). The fourth-order valence-electron chi connectivity index (χ4n) is 2.19. The smallest absolute Gasteiger partial charge is 0.266 e. The number of nitrogens with zero attached hydrogens (tertiary/aromatic N) is 1. The van der Waals surface area contributed by atoms with Gasteiger partial charge < -0.3 is 0 Å². The molecule has 0 spiro atoms. The highest BCUT2D eigenvalue weighted by Gasteiger charge is 2.16. The van der Waals surface area contributed by atoms with Crippen LogP contribution in [0.25, 0.3) is 10.1 Å². The molecule has 0 saturated carbocycles. The SMILES string of the molecule is Cc1ccc(/C=N/NC(=O)c2sc3cc(C)ccc3c2Cl)cc1. The highest BCUT2D eigenvalue weighted by Crippen LogP contribution is 2.35. The minimum Gasteiger partial charge on any atom is -0.266 e. The molecule has 3 aromatic rings. The van der Waals surface area contributed by atoms with E-state index in [-0.39, 0.29) is 5.91 Å². The average molecular weight is 343 g/mol. The van der Waals surface area contributed by atoms with Gasteiger partial charge in [0.1, 0.15) is 4.88 Å². The van der Waals surface area contributed by atoms with Crippen molar-refractivity contribution in [1.29, 1.82) is 0 Å². The van der Waals surface area contributed by atoms with E-state index >= 15 is 0 Å². The van der Waals surface area contributed by atoms with Crippen LogP contribution in [0, 0.1) is 13.8 Å². The fraction of sp³-hybridized carbons (Fsp3) is 0.111. The van der Waals surface area contributed by atoms with E-state index in [9.17, 15) is 4.79 Å². The van der Waals surface area contributed by atoms with Crippen LogP contribution < -0.4 is 5.43 Å². The molecule has 0 unspecified atom stereocenters. The van der Waals surface area contributed by atoms with Gasteiger partial charge in [-0.25, -0.2) is 5.43 Å². The molecular formula is C18H15ClN2OS. The number of hydrazone groups is 1. The summed E-state index contributed by atoms with van der Waals surface area (Å²) in [6.07, 6.45) is 1.61. The van der Waals surface area contributed by atoms with Gasteiger partial charge in [-0.1, -0.05) is 53.6 Å². The maximum Gasteiger partial charge on any atom is 0.283 e. The summed E-state index contributed by atoms with van der Waals surface area (Å²) in [6.45, 7) is 4.03. The molecule has 1 amide bonds. The quantitative estimate of drug-likeness (QED) is 0.532. The number of benzene rings is 2. The Hall–Kier alpha value is -2.17. The molecule has 0 bridgehead atoms. The number of amides is 1. The zero-order valence-corrected chi connectivity index (χ0v) is 14.3. The molecule has 0 fully saturated rings. The standard InChI is InChI=1S/C18H15ClN2OS/c1-11-3-6-13(7-4-11)10-20-21-18(22)17-16(19)14-8-5-12(2)9-15(14)23-17/h3-10H,1-2H3,(H,21,22)/b20-10+. The van der Waals surface area contributed by atoms with Gasteiger partial charge in [0, 0.05) is 10.1 Å². The summed E-state index contributed by atoms with van der Waals surface area (Å²) in [5.41, 5.74) is 5.78. The van der Waals surface area contributed by atoms with Crippen molar-refractivity contribution < 1.29 is 4.79 Å². The summed E-state index contributed by atoms with van der Waals surface area (Å²) < 4.78 is 1.00. The summed E-state index contributed by atoms with van der Waals surface area (Å²) in [6, 6.07) is 13.8. The molecule has 3 nitrogen and oxygen atoms in total. The third kappa shape index (κ3) is 3.44. The number of carbonyl (C=O) groups is 1. The highest BCUT2D eigenvalue weighted by atomic mass is 35.5. The van der Waals surface area contributed by atoms with E-state index in [4.69, 9.17) is 11.6 Å². The molecule has 1 N–H and O–H groups in total. The Labute approximate surface area is 143 Å². The number of thiophene rings is 1. The van der Waals surface area contributed by atoms with E-state index in [0.717, 1.165) is 21.2 Å². The summed E-state index contributed by atoms with van der Waals surface area (Å²) in [7, 11) is 0. The van der Waals surface area contributed by atoms with Gasteiger partial charge in [-0.15, -0.1) is 11.3 Å². The van der Waals surface area contributed by atoms with Gasteiger partial charge in [0.25, 0.3) is 5.91 Å². The molecule has 0 atom stereocenters. The van der Waals surface area contributed by atoms with Crippen molar-refractivity contribution in [3.63, 3.8) is 0 Å². The van der Waals surface area contributed by atoms with Crippen LogP contribution in [0.5, 0.6) is 0 Å². The van der Waals surface area contributed by atoms with Crippen molar-refractivity contribution in [3.05, 3.63) is 69.1 Å². The van der Waals surface area contributed by atoms with Crippen LogP contribution in [-0.2, 0) is 0 Å². The number of carbonyl (C=O) groups excluding carboxylic acids is 1. The van der Waals surface area contributed by atoms with E-state index in [2.05, 4.69) is 10.5 Å². The lowest BCUT2D eigenvalue weighted by atomic mass is 10.2. The van der Waals surface area contributed by atoms with Gasteiger partial charge in [-0.2, -0.15) is 5.10 Å². The third-order valence-corrected chi connectivity index (χ3v) is 5.10. The van der Waals surface area contributed by atoms with Crippen LogP contribution in [0.15, 0.2) is 47.6 Å². The van der Waals surface area contributed by atoms with Gasteiger partial charge in [0.2, 0.25) is 0 Å². The number of rotatable bonds is 3. The fourth-order valence-corrected chi connectivity index (χ4v) is 3.69. The van der Waals surface area contributed by atoms with E-state index in [1.165, 1.54) is 16.9 Å². The van der Waals surface area contributed by atoms with Crippen LogP contribution in [0.2, 0.25) is 5.02 Å². The molecule has 0 aliphatic heterocycles. The Bertz CT molecular complexity index is 897. The van der Waals surface area contributed by atoms with Crippen molar-refractivity contribution in [2.24, 2.45) is 5.10 Å². The topological polar surface area (TPSA) is 41.5 Å². The van der Waals surface area contributed by atoms with Crippen LogP contribution in [0.4, 0.5) is 0 Å². The lowest BCUT2D eigenvalue weighted by Crippen LogP contribution is -2.16. The Morgan fingerprint density at radius 2 is 1.83 bits per heavy atom. The Kier molecular flexibility index (Phi) is 4.46. The second-order valence-electron chi connectivity index (χ2n) is 5.35. The monoisotopic (exact) mass is 342 g/mol. The lowest BCUT2D eigenvalue weighted by Gasteiger charge is -1.98. The van der Waals surface area contributed by atoms with Crippen molar-refractivity contribution >= 4 is 45.1 Å². The summed E-state index contributed by atoms with van der Waals surface area (Å²) in [5, 5.41) is 5.38. The van der Waals surface area contributed by atoms with E-state index in [1.807, 2.05) is 56.3 Å². The molecule has 5 heteroatoms. The molecule has 0 aliphatic carbocycles. The van der Waals surface area contributed by atoms with Crippen molar-refractivity contribution in [1.82, 2.24) is 5.43 Å². The Morgan fingerprint density at radius 1 is 1.13 bits per heavy atom. The number of nitrogens with one attached hydrogen (secondary N) is 1. The van der Waals surface area contributed by atoms with Gasteiger partial charge in [-0.05, 0) is 31.0 Å². The minimum absolute atomic E-state index is 0.294. The Morgan fingerprint density at radius 3 is 2.57 bits per heavy atom. The minimum atomic E-state index is -0.294. The Balaban J connectivity index is 1.78. The van der Waals surface area contributed by atoms with Crippen LogP contribution in [0.3, 0.4) is 0 Å². The van der Waals surface area contributed by atoms with E-state index in [1.54, 1.807) is 6.21 Å². The largest absolute Gasteiger partial charge is 0.283 e. The van der Waals surface area contributed by atoms with Crippen molar-refractivity contribution in [2.75, 3.05) is 0 Å². The first-order valence-corrected chi connectivity index (χ1v) is 8.33. The first-order chi connectivity index (χ1) is 11.0. The number of fused-ring (bicyclic) bond motifs is 1. The summed E-state index contributed by atoms with van der Waals surface area (Å²) in [5.74, 6) is -0.294. The van der Waals surface area contributed by atoms with Crippen LogP contribution in [-0.4, -0.2) is 12.1 Å². The number of aryl methyl sites for hydroxylation is 2. The maximum absolute atomic E-state index is 12.3. The molecular weight excluding hydrogens is 328 g/mol. The lowest BCUT2D eigenvalue weighted by molar-refractivity contribution is 0.0959. The van der Waals surface area contributed by atoms with Gasteiger partial charge in [0.05, 0.1) is 11.2 Å². The first kappa shape index (κ1) is 15.7. The molecule has 2 aromatic carbocycles. The number of hydrogen-bond donors (Lipinski definition) is 1. The normalized spacial score (nSPS) is 11.3. The molecule has 0 aliphatic rings. The first-order valence-electron chi connectivity index (χ1n) is 7.13. The average Bonchev–Trinajstić information content (AvgIpc) is 2.85. The van der Waals surface area contributed by atoms with Crippen molar-refractivity contribution in [2.45, 2.75) is 13.8 Å². The summed E-state index contributed by atoms with van der Waals surface area (Å²) >= 11 is 7.69. The number of hydrogen-bond acceptors (Lipinski definition) is 3. The molecule has 0 radical (unpaired) electrons. The van der Waals surface area contributed by atoms with Crippen molar-refractivity contribution in [3.8, 4) is 0 Å². The van der Waals surface area contributed by atoms with Gasteiger partial charge in [-0.3, -0.25) is 4.79 Å². The van der Waals surface area contributed by atoms with Crippen LogP contribution >= 0.6 is 22.9 Å².